The first-order valence-electron chi connectivity index (χ1n) is 13.9. The molecule has 0 aliphatic carbocycles. The van der Waals surface area contributed by atoms with Gasteiger partial charge in [0.15, 0.2) is 6.10 Å². The molecule has 1 heterocycles. The average molecular weight is 633 g/mol. The van der Waals surface area contributed by atoms with Gasteiger partial charge in [-0.2, -0.15) is 0 Å². The summed E-state index contributed by atoms with van der Waals surface area (Å²) >= 11 is 3.48. The lowest BCUT2D eigenvalue weighted by atomic mass is 9.97. The number of nitrogens with zero attached hydrogens (tertiary/aromatic N) is 1. The smallest absolute Gasteiger partial charge is 0.285 e. The van der Waals surface area contributed by atoms with E-state index in [-0.39, 0.29) is 19.8 Å². The topological polar surface area (TPSA) is 75.6 Å². The average Bonchev–Trinajstić information content (AvgIpc) is 3.05. The SMILES string of the molecule is O=N[C@]1(Br)O[C@H](COCc2ccccc2)[C@@H](OCc2ccccc2)[C@H](OCc2ccccc2)[C@H]1OCc1ccccc1. The summed E-state index contributed by atoms with van der Waals surface area (Å²) in [6.45, 7) is 1.34. The molecule has 0 aromatic heterocycles. The van der Waals surface area contributed by atoms with Gasteiger partial charge in [0.2, 0.25) is 0 Å². The summed E-state index contributed by atoms with van der Waals surface area (Å²) < 4.78 is 30.1. The van der Waals surface area contributed by atoms with E-state index in [4.69, 9.17) is 23.7 Å². The minimum atomic E-state index is -1.73. The third-order valence-corrected chi connectivity index (χ3v) is 7.80. The zero-order valence-corrected chi connectivity index (χ0v) is 24.8. The van der Waals surface area contributed by atoms with Crippen molar-refractivity contribution in [3.63, 3.8) is 0 Å². The molecule has 5 rings (SSSR count). The Hall–Kier alpha value is -3.24. The van der Waals surface area contributed by atoms with Crippen LogP contribution in [0.3, 0.4) is 0 Å². The van der Waals surface area contributed by atoms with Crippen molar-refractivity contribution in [3.05, 3.63) is 148 Å². The van der Waals surface area contributed by atoms with E-state index in [1.54, 1.807) is 0 Å². The van der Waals surface area contributed by atoms with E-state index in [0.29, 0.717) is 13.2 Å². The highest BCUT2D eigenvalue weighted by Gasteiger charge is 2.57. The number of nitroso groups, excluding NO2 is 1. The highest BCUT2D eigenvalue weighted by Crippen LogP contribution is 2.41. The number of hydrogen-bond acceptors (Lipinski definition) is 7. The molecule has 1 saturated heterocycles. The first kappa shape index (κ1) is 30.2. The third kappa shape index (κ3) is 8.19. The van der Waals surface area contributed by atoms with E-state index in [1.165, 1.54) is 0 Å². The summed E-state index contributed by atoms with van der Waals surface area (Å²) in [5.74, 6) is 0. The van der Waals surface area contributed by atoms with E-state index in [1.807, 2.05) is 121 Å². The minimum Gasteiger partial charge on any atom is -0.374 e. The lowest BCUT2D eigenvalue weighted by Gasteiger charge is -2.47. The Morgan fingerprint density at radius 3 is 1.45 bits per heavy atom. The lowest BCUT2D eigenvalue weighted by molar-refractivity contribution is -0.279. The van der Waals surface area contributed by atoms with Crippen LogP contribution in [0.1, 0.15) is 22.3 Å². The first-order valence-corrected chi connectivity index (χ1v) is 14.7. The molecule has 0 N–H and O–H groups in total. The standard InChI is InChI=1S/C34H34BrNO6/c35-34(36-37)33(41-24-29-19-11-4-12-20-29)32(40-23-28-17-9-3-10-18-28)31(39-22-27-15-7-2-8-16-27)30(42-34)25-38-21-26-13-5-1-6-14-26/h1-20,30-33H,21-25H2/t30-,31-,32+,33-,34+/m1/s1. The predicted molar refractivity (Wildman–Crippen MR) is 163 cm³/mol. The largest absolute Gasteiger partial charge is 0.374 e. The monoisotopic (exact) mass is 631 g/mol. The first-order chi connectivity index (χ1) is 20.6. The van der Waals surface area contributed by atoms with Crippen molar-refractivity contribution in [2.75, 3.05) is 6.61 Å². The van der Waals surface area contributed by atoms with Crippen molar-refractivity contribution in [3.8, 4) is 0 Å². The molecule has 1 aliphatic rings. The van der Waals surface area contributed by atoms with Gasteiger partial charge in [0.25, 0.3) is 4.63 Å². The Labute approximate surface area is 254 Å². The van der Waals surface area contributed by atoms with E-state index >= 15 is 0 Å². The molecule has 0 radical (unpaired) electrons. The molecule has 7 nitrogen and oxygen atoms in total. The normalized spacial score (nSPS) is 23.8. The fourth-order valence-corrected chi connectivity index (χ4v) is 5.51. The fraction of sp³-hybridized carbons (Fsp3) is 0.294. The number of hydrogen-bond donors (Lipinski definition) is 0. The molecular weight excluding hydrogens is 598 g/mol. The van der Waals surface area contributed by atoms with Gasteiger partial charge >= 0.3 is 0 Å². The van der Waals surface area contributed by atoms with Crippen LogP contribution in [-0.2, 0) is 50.1 Å². The zero-order valence-electron chi connectivity index (χ0n) is 23.2. The molecule has 1 aliphatic heterocycles. The molecule has 0 spiro atoms. The molecular formula is C34H34BrNO6. The van der Waals surface area contributed by atoms with Crippen molar-refractivity contribution < 1.29 is 23.7 Å². The van der Waals surface area contributed by atoms with Crippen LogP contribution in [0.2, 0.25) is 0 Å². The third-order valence-electron chi connectivity index (χ3n) is 7.02. The molecule has 8 heteroatoms. The second-order valence-electron chi connectivity index (χ2n) is 10.1. The van der Waals surface area contributed by atoms with E-state index in [0.717, 1.165) is 22.3 Å². The lowest BCUT2D eigenvalue weighted by Crippen LogP contribution is -2.64. The van der Waals surface area contributed by atoms with Crippen molar-refractivity contribution in [1.82, 2.24) is 0 Å². The summed E-state index contributed by atoms with van der Waals surface area (Å²) in [7, 11) is 0. The Morgan fingerprint density at radius 2 is 1.00 bits per heavy atom. The second kappa shape index (κ2) is 15.3. The Balaban J connectivity index is 1.42. The van der Waals surface area contributed by atoms with E-state index in [2.05, 4.69) is 21.1 Å². The van der Waals surface area contributed by atoms with Gasteiger partial charge in [0.1, 0.15) is 18.3 Å². The van der Waals surface area contributed by atoms with Gasteiger partial charge in [-0.15, -0.1) is 4.91 Å². The number of rotatable bonds is 14. The number of benzene rings is 4. The quantitative estimate of drug-likeness (QED) is 0.0834. The van der Waals surface area contributed by atoms with Gasteiger partial charge in [-0.1, -0.05) is 121 Å². The van der Waals surface area contributed by atoms with Crippen molar-refractivity contribution in [2.24, 2.45) is 5.18 Å². The van der Waals surface area contributed by atoms with Gasteiger partial charge in [-0.25, -0.2) is 0 Å². The Bertz CT molecular complexity index is 1350. The van der Waals surface area contributed by atoms with Gasteiger partial charge in [-0.3, -0.25) is 0 Å². The van der Waals surface area contributed by atoms with Gasteiger partial charge in [0.05, 0.1) is 33.0 Å². The van der Waals surface area contributed by atoms with Crippen LogP contribution in [0.25, 0.3) is 0 Å². The van der Waals surface area contributed by atoms with Crippen LogP contribution >= 0.6 is 15.9 Å². The van der Waals surface area contributed by atoms with Crippen LogP contribution < -0.4 is 0 Å². The highest BCUT2D eigenvalue weighted by atomic mass is 79.9. The second-order valence-corrected chi connectivity index (χ2v) is 11.2. The summed E-state index contributed by atoms with van der Waals surface area (Å²) in [6, 6.07) is 39.3. The zero-order chi connectivity index (χ0) is 29.0. The molecule has 4 aromatic rings. The molecule has 4 aromatic carbocycles. The molecule has 0 unspecified atom stereocenters. The molecule has 0 saturated carbocycles. The summed E-state index contributed by atoms with van der Waals surface area (Å²) in [5.41, 5.74) is 3.93. The highest BCUT2D eigenvalue weighted by molar-refractivity contribution is 9.10. The molecule has 218 valence electrons. The van der Waals surface area contributed by atoms with Gasteiger partial charge in [-0.05, 0) is 43.4 Å². The van der Waals surface area contributed by atoms with Crippen molar-refractivity contribution in [2.45, 2.75) is 55.5 Å². The van der Waals surface area contributed by atoms with Crippen LogP contribution in [0.4, 0.5) is 0 Å². The molecule has 0 bridgehead atoms. The van der Waals surface area contributed by atoms with E-state index < -0.39 is 29.1 Å². The molecule has 0 amide bonds. The van der Waals surface area contributed by atoms with Crippen LogP contribution in [0, 0.1) is 4.91 Å². The maximum absolute atomic E-state index is 12.4. The number of alkyl halides is 1. The summed E-state index contributed by atoms with van der Waals surface area (Å²) in [6.07, 6.45) is -2.98. The summed E-state index contributed by atoms with van der Waals surface area (Å²) in [4.78, 5) is 12.4. The molecule has 5 atom stereocenters. The Kier molecular flexibility index (Phi) is 11.0. The summed E-state index contributed by atoms with van der Waals surface area (Å²) in [5, 5.41) is 3.38. The molecule has 1 fully saturated rings. The maximum Gasteiger partial charge on any atom is 0.285 e. The van der Waals surface area contributed by atoms with Gasteiger partial charge in [0, 0.05) is 0 Å². The van der Waals surface area contributed by atoms with E-state index in [9.17, 15) is 4.91 Å². The van der Waals surface area contributed by atoms with Crippen molar-refractivity contribution >= 4 is 15.9 Å². The Morgan fingerprint density at radius 1 is 0.595 bits per heavy atom. The number of ether oxygens (including phenoxy) is 5. The van der Waals surface area contributed by atoms with Crippen molar-refractivity contribution in [1.29, 1.82) is 0 Å². The fourth-order valence-electron chi connectivity index (χ4n) is 4.88. The number of halogens is 1. The minimum absolute atomic E-state index is 0.147. The van der Waals surface area contributed by atoms with Gasteiger partial charge < -0.3 is 23.7 Å². The molecule has 42 heavy (non-hydrogen) atoms. The maximum atomic E-state index is 12.4. The predicted octanol–water partition coefficient (Wildman–Crippen LogP) is 7.17. The van der Waals surface area contributed by atoms with Crippen LogP contribution in [-0.4, -0.2) is 35.7 Å². The van der Waals surface area contributed by atoms with Crippen LogP contribution in [0.15, 0.2) is 127 Å². The van der Waals surface area contributed by atoms with Crippen LogP contribution in [0.5, 0.6) is 0 Å².